The molecule has 1 aliphatic carbocycles. The number of carbonyl (C=O) groups is 2. The Kier molecular flexibility index (Phi) is 10.2. The summed E-state index contributed by atoms with van der Waals surface area (Å²) in [6, 6.07) is 14.9. The molecule has 0 spiro atoms. The average molecular weight is 698 g/mol. The first kappa shape index (κ1) is 31.4. The van der Waals surface area contributed by atoms with Gasteiger partial charge in [-0.05, 0) is 82.8 Å². The van der Waals surface area contributed by atoms with Crippen molar-refractivity contribution in [2.24, 2.45) is 0 Å². The van der Waals surface area contributed by atoms with Crippen LogP contribution >= 0.6 is 22.6 Å². The number of hydrogen-bond donors (Lipinski definition) is 3. The third-order valence-electron chi connectivity index (χ3n) is 6.70. The molecule has 222 valence electrons. The highest BCUT2D eigenvalue weighted by molar-refractivity contribution is 14.1. The van der Waals surface area contributed by atoms with E-state index in [0.29, 0.717) is 11.3 Å². The molecular weight excluding hydrogens is 671 g/mol. The highest BCUT2D eigenvalue weighted by atomic mass is 127. The molecule has 42 heavy (non-hydrogen) atoms. The van der Waals surface area contributed by atoms with Crippen LogP contribution in [0, 0.1) is 9.39 Å². The Labute approximate surface area is 252 Å². The summed E-state index contributed by atoms with van der Waals surface area (Å²) in [6.45, 7) is -0.491. The fraction of sp³-hybridized carbons (Fsp3) is 0.267. The number of aliphatic hydroxyl groups is 2. The predicted molar refractivity (Wildman–Crippen MR) is 154 cm³/mol. The van der Waals surface area contributed by atoms with Crippen molar-refractivity contribution in [1.82, 2.24) is 10.2 Å². The topological polar surface area (TPSA) is 99.1 Å². The summed E-state index contributed by atoms with van der Waals surface area (Å²) in [7, 11) is 0. The van der Waals surface area contributed by atoms with Gasteiger partial charge < -0.3 is 25.2 Å². The lowest BCUT2D eigenvalue weighted by Gasteiger charge is -2.40. The number of nitrogens with one attached hydrogen (secondary N) is 1. The van der Waals surface area contributed by atoms with Gasteiger partial charge in [0.15, 0.2) is 0 Å². The molecule has 3 aromatic rings. The van der Waals surface area contributed by atoms with Crippen molar-refractivity contribution < 1.29 is 42.1 Å². The number of nitrogens with zero attached hydrogens (tertiary/aromatic N) is 1. The van der Waals surface area contributed by atoms with Crippen molar-refractivity contribution in [2.45, 2.75) is 37.4 Å². The minimum absolute atomic E-state index is 0.0325. The highest BCUT2D eigenvalue weighted by Crippen LogP contribution is 2.32. The Morgan fingerprint density at radius 1 is 1.02 bits per heavy atom. The molecule has 0 bridgehead atoms. The van der Waals surface area contributed by atoms with Crippen LogP contribution < -0.4 is 10.1 Å². The molecule has 3 aromatic carbocycles. The largest absolute Gasteiger partial charge is 0.482 e. The second kappa shape index (κ2) is 13.7. The summed E-state index contributed by atoms with van der Waals surface area (Å²) in [5.74, 6) is -1.33. The molecule has 12 heteroatoms. The number of alkyl halides is 3. The molecule has 0 aromatic heterocycles. The van der Waals surface area contributed by atoms with E-state index in [1.807, 2.05) is 0 Å². The summed E-state index contributed by atoms with van der Waals surface area (Å²) in [5.41, 5.74) is -0.342. The molecule has 0 aliphatic heterocycles. The molecule has 0 radical (unpaired) electrons. The van der Waals surface area contributed by atoms with Crippen LogP contribution in [0.2, 0.25) is 0 Å². The molecule has 0 saturated heterocycles. The Morgan fingerprint density at radius 2 is 1.69 bits per heavy atom. The van der Waals surface area contributed by atoms with Crippen molar-refractivity contribution in [3.63, 3.8) is 0 Å². The van der Waals surface area contributed by atoms with Gasteiger partial charge in [-0.2, -0.15) is 13.2 Å². The maximum atomic E-state index is 13.9. The highest BCUT2D eigenvalue weighted by Gasteiger charge is 2.41. The van der Waals surface area contributed by atoms with E-state index in [4.69, 9.17) is 4.74 Å². The Morgan fingerprint density at radius 3 is 2.31 bits per heavy atom. The number of carbonyl (C=O) groups excluding carboxylic acids is 2. The Bertz CT molecular complexity index is 1430. The van der Waals surface area contributed by atoms with Crippen molar-refractivity contribution >= 4 is 34.4 Å². The smallest absolute Gasteiger partial charge is 0.416 e. The van der Waals surface area contributed by atoms with Crippen LogP contribution in [0.1, 0.15) is 27.9 Å². The molecule has 3 N–H and O–H groups in total. The number of para-hydroxylation sites is 1. The van der Waals surface area contributed by atoms with E-state index in [9.17, 15) is 37.4 Å². The lowest BCUT2D eigenvalue weighted by Crippen LogP contribution is -2.54. The second-order valence-electron chi connectivity index (χ2n) is 9.58. The molecular formula is C30H27F4IN2O5. The number of aliphatic hydroxyl groups excluding tert-OH is 2. The van der Waals surface area contributed by atoms with Gasteiger partial charge in [0, 0.05) is 30.6 Å². The van der Waals surface area contributed by atoms with Crippen LogP contribution in [-0.4, -0.2) is 58.3 Å². The normalized spacial score (nSPS) is 18.6. The van der Waals surface area contributed by atoms with E-state index in [1.165, 1.54) is 35.2 Å². The summed E-state index contributed by atoms with van der Waals surface area (Å²) in [4.78, 5) is 28.1. The van der Waals surface area contributed by atoms with Gasteiger partial charge in [-0.3, -0.25) is 9.59 Å². The predicted octanol–water partition coefficient (Wildman–Crippen LogP) is 4.71. The minimum atomic E-state index is -4.60. The standard InChI is InChI=1S/C30H27F4IN2O5/c31-22-11-5-18(6-12-22)17-37(29(41)19-7-9-21(10-8-19)30(32,33)34)24-15-20(28(40)36-13-14-38)16-26(27(24)39)42-25-4-2-1-3-23(25)35/h1-12,16,24,26-27,38-39H,13-15,17H2,(H,36,40). The van der Waals surface area contributed by atoms with E-state index >= 15 is 0 Å². The van der Waals surface area contributed by atoms with E-state index < -0.39 is 47.6 Å². The monoisotopic (exact) mass is 698 g/mol. The van der Waals surface area contributed by atoms with Gasteiger partial charge in [0.25, 0.3) is 5.91 Å². The molecule has 7 nitrogen and oxygen atoms in total. The number of amides is 2. The molecule has 3 atom stereocenters. The van der Waals surface area contributed by atoms with E-state index in [0.717, 1.165) is 27.8 Å². The molecule has 0 heterocycles. The molecule has 4 rings (SSSR count). The van der Waals surface area contributed by atoms with E-state index in [1.54, 1.807) is 24.3 Å². The third-order valence-corrected chi connectivity index (χ3v) is 7.59. The lowest BCUT2D eigenvalue weighted by molar-refractivity contribution is -0.137. The maximum absolute atomic E-state index is 13.9. The quantitative estimate of drug-likeness (QED) is 0.222. The Hall–Kier alpha value is -3.49. The second-order valence-corrected chi connectivity index (χ2v) is 10.7. The summed E-state index contributed by atoms with van der Waals surface area (Å²) >= 11 is 2.05. The molecule has 2 amide bonds. The van der Waals surface area contributed by atoms with Crippen molar-refractivity contribution in [3.05, 3.63) is 111 Å². The zero-order chi connectivity index (χ0) is 30.4. The van der Waals surface area contributed by atoms with Gasteiger partial charge in [-0.15, -0.1) is 0 Å². The van der Waals surface area contributed by atoms with Crippen LogP contribution in [0.3, 0.4) is 0 Å². The minimum Gasteiger partial charge on any atom is -0.482 e. The molecule has 3 unspecified atom stereocenters. The fourth-order valence-corrected chi connectivity index (χ4v) is 5.07. The van der Waals surface area contributed by atoms with Crippen molar-refractivity contribution in [2.75, 3.05) is 13.2 Å². The van der Waals surface area contributed by atoms with Gasteiger partial charge in [0.05, 0.1) is 21.8 Å². The van der Waals surface area contributed by atoms with Crippen LogP contribution in [0.15, 0.2) is 84.4 Å². The van der Waals surface area contributed by atoms with E-state index in [2.05, 4.69) is 27.9 Å². The van der Waals surface area contributed by atoms with Gasteiger partial charge in [-0.25, -0.2) is 4.39 Å². The summed E-state index contributed by atoms with van der Waals surface area (Å²) in [6.07, 6.45) is -5.73. The number of hydrogen-bond acceptors (Lipinski definition) is 5. The average Bonchev–Trinajstić information content (AvgIpc) is 2.97. The van der Waals surface area contributed by atoms with E-state index in [-0.39, 0.29) is 37.3 Å². The number of rotatable bonds is 9. The van der Waals surface area contributed by atoms with Crippen LogP contribution in [0.25, 0.3) is 0 Å². The number of benzene rings is 3. The lowest BCUT2D eigenvalue weighted by atomic mass is 9.87. The van der Waals surface area contributed by atoms with Gasteiger partial charge in [0.2, 0.25) is 5.91 Å². The SMILES string of the molecule is O=C(NCCO)C1=CC(Oc2ccccc2I)C(O)C(N(Cc2ccc(F)cc2)C(=O)c2ccc(C(F)(F)F)cc2)C1. The maximum Gasteiger partial charge on any atom is 0.416 e. The molecule has 0 fully saturated rings. The first-order chi connectivity index (χ1) is 20.0. The van der Waals surface area contributed by atoms with Gasteiger partial charge >= 0.3 is 6.18 Å². The zero-order valence-corrected chi connectivity index (χ0v) is 24.2. The third kappa shape index (κ3) is 7.66. The molecule has 1 aliphatic rings. The van der Waals surface area contributed by atoms with Crippen molar-refractivity contribution in [3.8, 4) is 5.75 Å². The van der Waals surface area contributed by atoms with Crippen LogP contribution in [0.4, 0.5) is 17.6 Å². The summed E-state index contributed by atoms with van der Waals surface area (Å²) in [5, 5.41) is 23.3. The first-order valence-corrected chi connectivity index (χ1v) is 14.0. The van der Waals surface area contributed by atoms with Crippen molar-refractivity contribution in [1.29, 1.82) is 0 Å². The number of ether oxygens (including phenoxy) is 1. The molecule has 0 saturated carbocycles. The van der Waals surface area contributed by atoms with Gasteiger partial charge in [-0.1, -0.05) is 24.3 Å². The van der Waals surface area contributed by atoms with Crippen LogP contribution in [0.5, 0.6) is 5.75 Å². The zero-order valence-electron chi connectivity index (χ0n) is 22.0. The first-order valence-electron chi connectivity index (χ1n) is 12.9. The Balaban J connectivity index is 1.74. The number of halogens is 5. The fourth-order valence-electron chi connectivity index (χ4n) is 4.56. The summed E-state index contributed by atoms with van der Waals surface area (Å²) < 4.78 is 60.0. The van der Waals surface area contributed by atoms with Crippen LogP contribution in [-0.2, 0) is 17.5 Å². The van der Waals surface area contributed by atoms with Gasteiger partial charge in [0.1, 0.15) is 23.8 Å².